The molecule has 1 aliphatic carbocycles. The van der Waals surface area contributed by atoms with Gasteiger partial charge < -0.3 is 20.5 Å². The monoisotopic (exact) mass is 475 g/mol. The van der Waals surface area contributed by atoms with Gasteiger partial charge in [-0.25, -0.2) is 14.3 Å². The van der Waals surface area contributed by atoms with Crippen molar-refractivity contribution < 1.29 is 24.2 Å². The predicted molar refractivity (Wildman–Crippen MR) is 127 cm³/mol. The zero-order valence-corrected chi connectivity index (χ0v) is 18.9. The van der Waals surface area contributed by atoms with Crippen LogP contribution in [0.1, 0.15) is 34.0 Å². The van der Waals surface area contributed by atoms with Gasteiger partial charge in [-0.15, -0.1) is 11.7 Å². The van der Waals surface area contributed by atoms with Crippen molar-refractivity contribution in [2.45, 2.75) is 24.9 Å². The number of carboxylic acids is 1. The molecular weight excluding hydrogens is 450 g/mol. The molecule has 1 atom stereocenters. The zero-order chi connectivity index (χ0) is 24.8. The van der Waals surface area contributed by atoms with Crippen LogP contribution in [0.15, 0.2) is 67.4 Å². The van der Waals surface area contributed by atoms with E-state index in [0.717, 1.165) is 22.3 Å². The maximum atomic E-state index is 12.3. The lowest BCUT2D eigenvalue weighted by Gasteiger charge is -2.14. The second-order valence-corrected chi connectivity index (χ2v) is 8.01. The van der Waals surface area contributed by atoms with Crippen LogP contribution in [0, 0.1) is 0 Å². The Balaban J connectivity index is 1.26. The average Bonchev–Trinajstić information content (AvgIpc) is 3.45. The van der Waals surface area contributed by atoms with Crippen molar-refractivity contribution in [3.05, 3.63) is 84.2 Å². The minimum absolute atomic E-state index is 0.0264. The van der Waals surface area contributed by atoms with Crippen molar-refractivity contribution in [2.75, 3.05) is 13.2 Å². The molecule has 0 aliphatic heterocycles. The molecule has 0 radical (unpaired) electrons. The molecular formula is C25H25N5O5. The number of hydrogen-bond acceptors (Lipinski definition) is 6. The summed E-state index contributed by atoms with van der Waals surface area (Å²) in [6, 6.07) is 15.1. The number of benzene rings is 2. The summed E-state index contributed by atoms with van der Waals surface area (Å²) in [5.41, 5.74) is 4.55. The highest BCUT2D eigenvalue weighted by Gasteiger charge is 2.29. The molecule has 1 aromatic heterocycles. The molecule has 1 aliphatic rings. The lowest BCUT2D eigenvalue weighted by molar-refractivity contribution is -0.139. The number of alkyl carbamates (subject to hydrolysis) is 1. The number of fused-ring (bicyclic) bond motifs is 3. The smallest absolute Gasteiger partial charge is 0.407 e. The van der Waals surface area contributed by atoms with Crippen molar-refractivity contribution in [1.29, 1.82) is 0 Å². The Morgan fingerprint density at radius 1 is 1.11 bits per heavy atom. The highest BCUT2D eigenvalue weighted by Crippen LogP contribution is 2.44. The van der Waals surface area contributed by atoms with Crippen LogP contribution >= 0.6 is 0 Å². The number of aromatic nitrogens is 3. The third kappa shape index (κ3) is 5.37. The molecule has 3 N–H and O–H groups in total. The van der Waals surface area contributed by atoms with Gasteiger partial charge >= 0.3 is 12.1 Å². The molecule has 1 heterocycles. The number of nitrogens with one attached hydrogen (secondary N) is 2. The van der Waals surface area contributed by atoms with Gasteiger partial charge in [0, 0.05) is 12.5 Å². The number of carboxylic acid groups (broad SMARTS) is 1. The summed E-state index contributed by atoms with van der Waals surface area (Å²) < 4.78 is 6.86. The second kappa shape index (κ2) is 10.6. The molecule has 0 saturated heterocycles. The van der Waals surface area contributed by atoms with Crippen molar-refractivity contribution in [2.24, 2.45) is 0 Å². The van der Waals surface area contributed by atoms with Gasteiger partial charge in [-0.1, -0.05) is 59.8 Å². The van der Waals surface area contributed by atoms with Crippen molar-refractivity contribution in [1.82, 2.24) is 25.6 Å². The van der Waals surface area contributed by atoms with Gasteiger partial charge in [0.2, 0.25) is 0 Å². The van der Waals surface area contributed by atoms with E-state index in [0.29, 0.717) is 0 Å². The number of rotatable bonds is 10. The molecule has 10 nitrogen and oxygen atoms in total. The van der Waals surface area contributed by atoms with Gasteiger partial charge in [0.15, 0.2) is 5.69 Å². The van der Waals surface area contributed by atoms with Crippen LogP contribution in [0.4, 0.5) is 4.79 Å². The molecule has 2 aromatic carbocycles. The van der Waals surface area contributed by atoms with Crippen LogP contribution in [0.5, 0.6) is 0 Å². The maximum absolute atomic E-state index is 12.3. The fraction of sp³-hybridized carbons (Fsp3) is 0.240. The van der Waals surface area contributed by atoms with Gasteiger partial charge in [-0.05, 0) is 28.7 Å². The van der Waals surface area contributed by atoms with Crippen LogP contribution in [-0.2, 0) is 16.1 Å². The predicted octanol–water partition coefficient (Wildman–Crippen LogP) is 2.58. The molecule has 1 unspecified atom stereocenters. The van der Waals surface area contributed by atoms with E-state index in [1.165, 1.54) is 17.0 Å². The number of nitrogens with zero attached hydrogens (tertiary/aromatic N) is 3. The Labute approximate surface area is 201 Å². The summed E-state index contributed by atoms with van der Waals surface area (Å²) in [5, 5.41) is 21.8. The SMILES string of the molecule is C=CCC(NC(=O)c1cn(CCNC(=O)OCC2c3ccccc3-c3ccccc32)nn1)C(=O)O. The number of hydrogen-bond donors (Lipinski definition) is 3. The second-order valence-electron chi connectivity index (χ2n) is 8.01. The number of carbonyl (C=O) groups excluding carboxylic acids is 2. The molecule has 0 spiro atoms. The first-order valence-corrected chi connectivity index (χ1v) is 11.1. The minimum Gasteiger partial charge on any atom is -0.480 e. The normalized spacial score (nSPS) is 12.8. The lowest BCUT2D eigenvalue weighted by atomic mass is 9.98. The lowest BCUT2D eigenvalue weighted by Crippen LogP contribution is -2.40. The van der Waals surface area contributed by atoms with Crippen LogP contribution in [0.3, 0.4) is 0 Å². The third-order valence-corrected chi connectivity index (χ3v) is 5.73. The van der Waals surface area contributed by atoms with Crippen LogP contribution in [-0.4, -0.2) is 57.3 Å². The largest absolute Gasteiger partial charge is 0.480 e. The minimum atomic E-state index is -1.17. The Bertz CT molecular complexity index is 1210. The summed E-state index contributed by atoms with van der Waals surface area (Å²) in [4.78, 5) is 35.6. The molecule has 35 heavy (non-hydrogen) atoms. The summed E-state index contributed by atoms with van der Waals surface area (Å²) in [6.45, 7) is 4.14. The molecule has 0 fully saturated rings. The number of aliphatic carboxylic acids is 1. The molecule has 0 saturated carbocycles. The van der Waals surface area contributed by atoms with Crippen LogP contribution in [0.25, 0.3) is 11.1 Å². The molecule has 180 valence electrons. The standard InChI is InChI=1S/C25H25N5O5/c1-2-7-21(24(32)33)27-23(31)22-14-30(29-28-22)13-12-26-25(34)35-15-20-18-10-5-3-8-16(18)17-9-4-6-11-19(17)20/h2-6,8-11,14,20-21H,1,7,12-13,15H2,(H,26,34)(H,27,31)(H,32,33). The van der Waals surface area contributed by atoms with Crippen molar-refractivity contribution >= 4 is 18.0 Å². The molecule has 2 amide bonds. The molecule has 3 aromatic rings. The summed E-state index contributed by atoms with van der Waals surface area (Å²) in [6.07, 6.45) is 2.31. The fourth-order valence-electron chi connectivity index (χ4n) is 4.05. The van der Waals surface area contributed by atoms with Gasteiger partial charge in [-0.2, -0.15) is 0 Å². The van der Waals surface area contributed by atoms with E-state index >= 15 is 0 Å². The summed E-state index contributed by atoms with van der Waals surface area (Å²) in [7, 11) is 0. The highest BCUT2D eigenvalue weighted by atomic mass is 16.5. The quantitative estimate of drug-likeness (QED) is 0.384. The van der Waals surface area contributed by atoms with Crippen LogP contribution < -0.4 is 10.6 Å². The third-order valence-electron chi connectivity index (χ3n) is 5.73. The molecule has 4 rings (SSSR count). The van der Waals surface area contributed by atoms with Crippen molar-refractivity contribution in [3.63, 3.8) is 0 Å². The molecule has 0 bridgehead atoms. The van der Waals surface area contributed by atoms with Crippen molar-refractivity contribution in [3.8, 4) is 11.1 Å². The van der Waals surface area contributed by atoms with Gasteiger partial charge in [0.05, 0.1) is 12.7 Å². The topological polar surface area (TPSA) is 135 Å². The Morgan fingerprint density at radius 2 is 1.77 bits per heavy atom. The van der Waals surface area contributed by atoms with E-state index < -0.39 is 24.0 Å². The first-order valence-electron chi connectivity index (χ1n) is 11.1. The fourth-order valence-corrected chi connectivity index (χ4v) is 4.05. The van der Waals surface area contributed by atoms with Gasteiger partial charge in [0.1, 0.15) is 12.6 Å². The average molecular weight is 476 g/mol. The summed E-state index contributed by atoms with van der Waals surface area (Å²) in [5.74, 6) is -1.85. The Hall–Kier alpha value is -4.47. The maximum Gasteiger partial charge on any atom is 0.407 e. The van der Waals surface area contributed by atoms with E-state index in [1.807, 2.05) is 24.3 Å². The zero-order valence-electron chi connectivity index (χ0n) is 18.9. The van der Waals surface area contributed by atoms with E-state index in [9.17, 15) is 14.4 Å². The molecule has 10 heteroatoms. The van der Waals surface area contributed by atoms with E-state index in [1.54, 1.807) is 0 Å². The van der Waals surface area contributed by atoms with Crippen LogP contribution in [0.2, 0.25) is 0 Å². The van der Waals surface area contributed by atoms with E-state index in [2.05, 4.69) is 51.8 Å². The Kier molecular flexibility index (Phi) is 7.20. The number of ether oxygens (including phenoxy) is 1. The Morgan fingerprint density at radius 3 is 2.40 bits per heavy atom. The van der Waals surface area contributed by atoms with Gasteiger partial charge in [0.25, 0.3) is 5.91 Å². The first-order chi connectivity index (χ1) is 17.0. The highest BCUT2D eigenvalue weighted by molar-refractivity contribution is 5.94. The van der Waals surface area contributed by atoms with E-state index in [-0.39, 0.29) is 37.7 Å². The number of carbonyl (C=O) groups is 3. The first kappa shape index (κ1) is 23.7. The number of amides is 2. The van der Waals surface area contributed by atoms with Gasteiger partial charge in [-0.3, -0.25) is 4.79 Å². The van der Waals surface area contributed by atoms with E-state index in [4.69, 9.17) is 9.84 Å². The summed E-state index contributed by atoms with van der Waals surface area (Å²) >= 11 is 0.